The van der Waals surface area contributed by atoms with Crippen LogP contribution in [0.2, 0.25) is 5.02 Å². The van der Waals surface area contributed by atoms with E-state index in [2.05, 4.69) is 5.32 Å². The molecule has 1 unspecified atom stereocenters. The van der Waals surface area contributed by atoms with Gasteiger partial charge in [-0.25, -0.2) is 4.39 Å². The highest BCUT2D eigenvalue weighted by atomic mass is 35.5. The maximum absolute atomic E-state index is 13.2. The molecule has 4 nitrogen and oxygen atoms in total. The molecule has 0 spiro atoms. The number of carbonyl (C=O) groups excluding carboxylic acids is 1. The Morgan fingerprint density at radius 2 is 2.16 bits per heavy atom. The van der Waals surface area contributed by atoms with Gasteiger partial charge in [0.15, 0.2) is 0 Å². The number of aliphatic carboxylic acids is 1. The fourth-order valence-corrected chi connectivity index (χ4v) is 1.83. The van der Waals surface area contributed by atoms with Gasteiger partial charge in [0, 0.05) is 13.0 Å². The highest BCUT2D eigenvalue weighted by molar-refractivity contribution is 6.34. The SMILES string of the molecule is CCC(CNC(=O)c1cccc(F)c1Cl)CC(=O)O. The predicted octanol–water partition coefficient (Wildman–Crippen LogP) is 2.71. The van der Waals surface area contributed by atoms with Crippen molar-refractivity contribution in [2.75, 3.05) is 6.54 Å². The van der Waals surface area contributed by atoms with E-state index in [9.17, 15) is 14.0 Å². The molecule has 0 aliphatic rings. The first-order valence-corrected chi connectivity index (χ1v) is 6.27. The van der Waals surface area contributed by atoms with E-state index in [0.717, 1.165) is 0 Å². The van der Waals surface area contributed by atoms with Crippen molar-refractivity contribution < 1.29 is 19.1 Å². The van der Waals surface area contributed by atoms with E-state index in [1.165, 1.54) is 18.2 Å². The van der Waals surface area contributed by atoms with Crippen LogP contribution in [0.3, 0.4) is 0 Å². The summed E-state index contributed by atoms with van der Waals surface area (Å²) < 4.78 is 13.2. The molecular weight excluding hydrogens is 273 g/mol. The summed E-state index contributed by atoms with van der Waals surface area (Å²) in [4.78, 5) is 22.4. The van der Waals surface area contributed by atoms with Crippen LogP contribution in [0.1, 0.15) is 30.1 Å². The highest BCUT2D eigenvalue weighted by Crippen LogP contribution is 2.19. The molecule has 1 rings (SSSR count). The van der Waals surface area contributed by atoms with Crippen molar-refractivity contribution in [3.8, 4) is 0 Å². The zero-order chi connectivity index (χ0) is 14.4. The lowest BCUT2D eigenvalue weighted by molar-refractivity contribution is -0.138. The minimum absolute atomic E-state index is 0.0202. The van der Waals surface area contributed by atoms with E-state index < -0.39 is 17.7 Å². The summed E-state index contributed by atoms with van der Waals surface area (Å²) in [5.74, 6) is -2.24. The van der Waals surface area contributed by atoms with Gasteiger partial charge in [-0.15, -0.1) is 0 Å². The Morgan fingerprint density at radius 3 is 2.74 bits per heavy atom. The maximum Gasteiger partial charge on any atom is 0.303 e. The number of carboxylic acid groups (broad SMARTS) is 1. The largest absolute Gasteiger partial charge is 0.481 e. The van der Waals surface area contributed by atoms with E-state index in [0.29, 0.717) is 6.42 Å². The van der Waals surface area contributed by atoms with Crippen LogP contribution in [0.5, 0.6) is 0 Å². The predicted molar refractivity (Wildman–Crippen MR) is 69.8 cm³/mol. The quantitative estimate of drug-likeness (QED) is 0.845. The Labute approximate surface area is 115 Å². The topological polar surface area (TPSA) is 66.4 Å². The van der Waals surface area contributed by atoms with Gasteiger partial charge in [-0.2, -0.15) is 0 Å². The van der Waals surface area contributed by atoms with Crippen molar-refractivity contribution in [1.82, 2.24) is 5.32 Å². The zero-order valence-electron chi connectivity index (χ0n) is 10.5. The van der Waals surface area contributed by atoms with Crippen molar-refractivity contribution in [2.45, 2.75) is 19.8 Å². The maximum atomic E-state index is 13.2. The van der Waals surface area contributed by atoms with Crippen LogP contribution in [0.15, 0.2) is 18.2 Å². The average molecular weight is 288 g/mol. The molecule has 1 aromatic rings. The molecule has 1 amide bonds. The van der Waals surface area contributed by atoms with Gasteiger partial charge in [0.1, 0.15) is 5.82 Å². The molecule has 0 saturated heterocycles. The summed E-state index contributed by atoms with van der Waals surface area (Å²) >= 11 is 5.69. The third kappa shape index (κ3) is 4.52. The van der Waals surface area contributed by atoms with Gasteiger partial charge in [-0.05, 0) is 18.1 Å². The standard InChI is InChI=1S/C13H15ClFNO3/c1-2-8(6-11(17)18)7-16-13(19)9-4-3-5-10(15)12(9)14/h3-5,8H,2,6-7H2,1H3,(H,16,19)(H,17,18). The number of benzene rings is 1. The second-order valence-electron chi connectivity index (χ2n) is 4.18. The normalized spacial score (nSPS) is 11.9. The van der Waals surface area contributed by atoms with Crippen LogP contribution < -0.4 is 5.32 Å². The highest BCUT2D eigenvalue weighted by Gasteiger charge is 2.16. The fraction of sp³-hybridized carbons (Fsp3) is 0.385. The molecule has 0 radical (unpaired) electrons. The molecule has 0 fully saturated rings. The van der Waals surface area contributed by atoms with Gasteiger partial charge < -0.3 is 10.4 Å². The molecule has 104 valence electrons. The molecule has 0 aliphatic heterocycles. The first kappa shape index (κ1) is 15.4. The molecule has 19 heavy (non-hydrogen) atoms. The first-order valence-electron chi connectivity index (χ1n) is 5.89. The Kier molecular flexibility index (Phi) is 5.76. The van der Waals surface area contributed by atoms with E-state index in [-0.39, 0.29) is 29.5 Å². The van der Waals surface area contributed by atoms with Gasteiger partial charge in [-0.3, -0.25) is 9.59 Å². The van der Waals surface area contributed by atoms with Gasteiger partial charge in [0.05, 0.1) is 10.6 Å². The minimum atomic E-state index is -0.912. The first-order chi connectivity index (χ1) is 8.95. The number of carbonyl (C=O) groups is 2. The third-order valence-electron chi connectivity index (χ3n) is 2.79. The minimum Gasteiger partial charge on any atom is -0.481 e. The van der Waals surface area contributed by atoms with Crippen molar-refractivity contribution in [3.63, 3.8) is 0 Å². The number of carboxylic acids is 1. The van der Waals surface area contributed by atoms with Crippen molar-refractivity contribution >= 4 is 23.5 Å². The number of halogens is 2. The smallest absolute Gasteiger partial charge is 0.303 e. The van der Waals surface area contributed by atoms with Crippen molar-refractivity contribution in [1.29, 1.82) is 0 Å². The summed E-state index contributed by atoms with van der Waals surface area (Å²) in [5, 5.41) is 11.0. The summed E-state index contributed by atoms with van der Waals surface area (Å²) in [5.41, 5.74) is 0.0480. The lowest BCUT2D eigenvalue weighted by Gasteiger charge is -2.14. The summed E-state index contributed by atoms with van der Waals surface area (Å²) in [6, 6.07) is 3.97. The van der Waals surface area contributed by atoms with Gasteiger partial charge >= 0.3 is 5.97 Å². The van der Waals surface area contributed by atoms with Crippen LogP contribution in [0, 0.1) is 11.7 Å². The van der Waals surface area contributed by atoms with E-state index >= 15 is 0 Å². The Bertz CT molecular complexity index is 479. The lowest BCUT2D eigenvalue weighted by atomic mass is 10.0. The molecule has 0 aromatic heterocycles. The second kappa shape index (κ2) is 7.09. The van der Waals surface area contributed by atoms with Crippen molar-refractivity contribution in [2.24, 2.45) is 5.92 Å². The number of hydrogen-bond acceptors (Lipinski definition) is 2. The fourth-order valence-electron chi connectivity index (χ4n) is 1.62. The van der Waals surface area contributed by atoms with Gasteiger partial charge in [0.25, 0.3) is 5.91 Å². The number of amides is 1. The number of hydrogen-bond donors (Lipinski definition) is 2. The lowest BCUT2D eigenvalue weighted by Crippen LogP contribution is -2.30. The van der Waals surface area contributed by atoms with E-state index in [1.54, 1.807) is 0 Å². The molecule has 2 N–H and O–H groups in total. The molecule has 0 saturated carbocycles. The van der Waals surface area contributed by atoms with Crippen LogP contribution in [-0.2, 0) is 4.79 Å². The number of rotatable bonds is 6. The average Bonchev–Trinajstić information content (AvgIpc) is 2.37. The van der Waals surface area contributed by atoms with Crippen LogP contribution in [-0.4, -0.2) is 23.5 Å². The number of nitrogens with one attached hydrogen (secondary N) is 1. The molecule has 1 aromatic carbocycles. The van der Waals surface area contributed by atoms with Gasteiger partial charge in [-0.1, -0.05) is 31.0 Å². The van der Waals surface area contributed by atoms with E-state index in [4.69, 9.17) is 16.7 Å². The van der Waals surface area contributed by atoms with Crippen LogP contribution >= 0.6 is 11.6 Å². The molecule has 6 heteroatoms. The van der Waals surface area contributed by atoms with Crippen LogP contribution in [0.4, 0.5) is 4.39 Å². The summed E-state index contributed by atoms with van der Waals surface area (Å²) in [7, 11) is 0. The Balaban J connectivity index is 2.64. The molecule has 0 aliphatic carbocycles. The Morgan fingerprint density at radius 1 is 1.47 bits per heavy atom. The van der Waals surface area contributed by atoms with E-state index in [1.807, 2.05) is 6.92 Å². The van der Waals surface area contributed by atoms with Crippen molar-refractivity contribution in [3.05, 3.63) is 34.6 Å². The third-order valence-corrected chi connectivity index (χ3v) is 3.17. The molecular formula is C13H15ClFNO3. The zero-order valence-corrected chi connectivity index (χ0v) is 11.2. The molecule has 1 atom stereocenters. The second-order valence-corrected chi connectivity index (χ2v) is 4.56. The Hall–Kier alpha value is -1.62. The summed E-state index contributed by atoms with van der Waals surface area (Å²) in [6.45, 7) is 2.06. The molecule has 0 bridgehead atoms. The van der Waals surface area contributed by atoms with Crippen LogP contribution in [0.25, 0.3) is 0 Å². The van der Waals surface area contributed by atoms with Gasteiger partial charge in [0.2, 0.25) is 0 Å². The monoisotopic (exact) mass is 287 g/mol. The molecule has 0 heterocycles. The summed E-state index contributed by atoms with van der Waals surface area (Å²) in [6.07, 6.45) is 0.608.